The van der Waals surface area contributed by atoms with E-state index in [1.165, 1.54) is 6.33 Å². The van der Waals surface area contributed by atoms with E-state index in [1.54, 1.807) is 17.0 Å². The van der Waals surface area contributed by atoms with Gasteiger partial charge in [0.1, 0.15) is 18.0 Å². The molecule has 33 heavy (non-hydrogen) atoms. The first-order chi connectivity index (χ1) is 16.0. The first-order valence-electron chi connectivity index (χ1n) is 10.8. The van der Waals surface area contributed by atoms with E-state index in [4.69, 9.17) is 28.2 Å². The van der Waals surface area contributed by atoms with Crippen LogP contribution in [0.4, 0.5) is 5.82 Å². The second kappa shape index (κ2) is 9.00. The van der Waals surface area contributed by atoms with E-state index in [2.05, 4.69) is 27.2 Å². The number of nitrogens with zero attached hydrogens (tertiary/aromatic N) is 4. The van der Waals surface area contributed by atoms with Crippen LogP contribution < -0.4 is 5.32 Å². The molecule has 0 bridgehead atoms. The zero-order valence-corrected chi connectivity index (χ0v) is 19.5. The van der Waals surface area contributed by atoms with Crippen molar-refractivity contribution in [2.24, 2.45) is 0 Å². The largest absolute Gasteiger partial charge is 0.360 e. The van der Waals surface area contributed by atoms with Crippen molar-refractivity contribution in [2.75, 3.05) is 18.4 Å². The molecule has 0 saturated carbocycles. The van der Waals surface area contributed by atoms with Gasteiger partial charge in [-0.3, -0.25) is 4.79 Å². The maximum atomic E-state index is 12.9. The highest BCUT2D eigenvalue weighted by Gasteiger charge is 2.22. The van der Waals surface area contributed by atoms with Gasteiger partial charge in [0.15, 0.2) is 0 Å². The number of anilines is 1. The molecule has 4 aromatic rings. The van der Waals surface area contributed by atoms with Gasteiger partial charge in [-0.2, -0.15) is 0 Å². The van der Waals surface area contributed by atoms with Crippen LogP contribution in [0, 0.1) is 0 Å². The maximum absolute atomic E-state index is 12.9. The average Bonchev–Trinajstić information content (AvgIpc) is 3.48. The van der Waals surface area contributed by atoms with Gasteiger partial charge in [-0.25, -0.2) is 15.0 Å². The van der Waals surface area contributed by atoms with E-state index in [0.29, 0.717) is 40.0 Å². The van der Waals surface area contributed by atoms with Gasteiger partial charge in [0.2, 0.25) is 0 Å². The van der Waals surface area contributed by atoms with Crippen LogP contribution in [0.15, 0.2) is 48.8 Å². The number of hydrogen-bond acceptors (Lipinski definition) is 5. The minimum Gasteiger partial charge on any atom is -0.360 e. The Morgan fingerprint density at radius 3 is 2.76 bits per heavy atom. The highest BCUT2D eigenvalue weighted by Crippen LogP contribution is 2.31. The summed E-state index contributed by atoms with van der Waals surface area (Å²) in [7, 11) is 0. The van der Waals surface area contributed by atoms with E-state index < -0.39 is 0 Å². The molecule has 3 heterocycles. The van der Waals surface area contributed by atoms with Crippen LogP contribution in [0.1, 0.15) is 42.0 Å². The molecule has 0 aliphatic carbocycles. The van der Waals surface area contributed by atoms with E-state index in [0.717, 1.165) is 35.1 Å². The second-order valence-electron chi connectivity index (χ2n) is 8.02. The number of imidazole rings is 1. The maximum Gasteiger partial charge on any atom is 0.256 e. The highest BCUT2D eigenvalue weighted by molar-refractivity contribution is 6.35. The quantitative estimate of drug-likeness (QED) is 0.341. The van der Waals surface area contributed by atoms with Crippen molar-refractivity contribution in [3.63, 3.8) is 0 Å². The molecule has 1 unspecified atom stereocenters. The zero-order chi connectivity index (χ0) is 22.9. The van der Waals surface area contributed by atoms with Crippen molar-refractivity contribution in [3.05, 3.63) is 70.2 Å². The molecule has 1 amide bonds. The van der Waals surface area contributed by atoms with Crippen molar-refractivity contribution < 1.29 is 4.79 Å². The number of amides is 1. The number of nitrogens with one attached hydrogen (secondary N) is 2. The summed E-state index contributed by atoms with van der Waals surface area (Å²) < 4.78 is 0. The minimum absolute atomic E-state index is 0.102. The second-order valence-corrected chi connectivity index (χ2v) is 8.87. The third-order valence-corrected chi connectivity index (χ3v) is 6.29. The molecule has 0 radical (unpaired) electrons. The number of halogens is 2. The molecule has 1 atom stereocenters. The topological polar surface area (TPSA) is 86.8 Å². The molecular formula is C24H22Cl2N6O. The van der Waals surface area contributed by atoms with Crippen molar-refractivity contribution in [1.29, 1.82) is 0 Å². The summed E-state index contributed by atoms with van der Waals surface area (Å²) in [5, 5.41) is 5.29. The number of carbonyl (C=O) groups excluding carboxylic acids is 1. The smallest absolute Gasteiger partial charge is 0.256 e. The molecular weight excluding hydrogens is 459 g/mol. The third-order valence-electron chi connectivity index (χ3n) is 5.74. The van der Waals surface area contributed by atoms with Crippen LogP contribution in [0.25, 0.3) is 21.9 Å². The molecule has 2 aromatic carbocycles. The van der Waals surface area contributed by atoms with Gasteiger partial charge in [-0.05, 0) is 36.8 Å². The zero-order valence-electron chi connectivity index (χ0n) is 18.0. The standard InChI is InChI=1S/C24H22Cl2N6O/c1-2-5-19(23-29-18-7-6-14(25)10-21(18)31-23)30-22-16-11-17(26)15(12-20(16)27-13-28-22)24(33)32-8-3-4-9-32/h3-4,6-7,10-13,19H,2,5,8-9H2,1H3,(H,29,31)(H,27,28,30). The third kappa shape index (κ3) is 4.26. The van der Waals surface area contributed by atoms with Crippen molar-refractivity contribution in [2.45, 2.75) is 25.8 Å². The van der Waals surface area contributed by atoms with Crippen molar-refractivity contribution in [3.8, 4) is 0 Å². The summed E-state index contributed by atoms with van der Waals surface area (Å²) in [4.78, 5) is 31.6. The lowest BCUT2D eigenvalue weighted by Gasteiger charge is -2.19. The predicted octanol–water partition coefficient (Wildman–Crippen LogP) is 5.78. The molecule has 1 aliphatic rings. The number of H-pyrrole nitrogens is 1. The Balaban J connectivity index is 1.49. The molecule has 5 rings (SSSR count). The van der Waals surface area contributed by atoms with Gasteiger partial charge in [-0.15, -0.1) is 0 Å². The lowest BCUT2D eigenvalue weighted by molar-refractivity contribution is 0.0800. The van der Waals surface area contributed by atoms with Crippen LogP contribution in [-0.4, -0.2) is 43.8 Å². The van der Waals surface area contributed by atoms with Crippen LogP contribution in [0.5, 0.6) is 0 Å². The minimum atomic E-state index is -0.107. The number of hydrogen-bond donors (Lipinski definition) is 2. The summed E-state index contributed by atoms with van der Waals surface area (Å²) in [5.41, 5.74) is 2.83. The van der Waals surface area contributed by atoms with Crippen LogP contribution in [0.3, 0.4) is 0 Å². The van der Waals surface area contributed by atoms with E-state index >= 15 is 0 Å². The lowest BCUT2D eigenvalue weighted by Crippen LogP contribution is -2.28. The summed E-state index contributed by atoms with van der Waals surface area (Å²) in [6.45, 7) is 3.30. The Hall–Kier alpha value is -3.16. The lowest BCUT2D eigenvalue weighted by atomic mass is 10.1. The van der Waals surface area contributed by atoms with Gasteiger partial charge in [0.25, 0.3) is 5.91 Å². The van der Waals surface area contributed by atoms with Gasteiger partial charge in [0.05, 0.1) is 33.2 Å². The van der Waals surface area contributed by atoms with Crippen molar-refractivity contribution >= 4 is 56.9 Å². The Morgan fingerprint density at radius 1 is 1.15 bits per heavy atom. The Morgan fingerprint density at radius 2 is 1.97 bits per heavy atom. The van der Waals surface area contributed by atoms with Gasteiger partial charge >= 0.3 is 0 Å². The number of rotatable bonds is 6. The highest BCUT2D eigenvalue weighted by atomic mass is 35.5. The number of aromatic amines is 1. The van der Waals surface area contributed by atoms with Crippen LogP contribution in [-0.2, 0) is 0 Å². The van der Waals surface area contributed by atoms with Crippen LogP contribution in [0.2, 0.25) is 10.0 Å². The Bertz CT molecular complexity index is 1370. The van der Waals surface area contributed by atoms with Crippen LogP contribution >= 0.6 is 23.2 Å². The summed E-state index contributed by atoms with van der Waals surface area (Å²) >= 11 is 12.7. The summed E-state index contributed by atoms with van der Waals surface area (Å²) in [6, 6.07) is 8.99. The molecule has 168 valence electrons. The monoisotopic (exact) mass is 480 g/mol. The van der Waals surface area contributed by atoms with Gasteiger partial charge in [0, 0.05) is 23.5 Å². The van der Waals surface area contributed by atoms with E-state index in [9.17, 15) is 4.79 Å². The first kappa shape index (κ1) is 21.7. The predicted molar refractivity (Wildman–Crippen MR) is 132 cm³/mol. The molecule has 2 N–H and O–H groups in total. The summed E-state index contributed by atoms with van der Waals surface area (Å²) in [6.07, 6.45) is 7.21. The SMILES string of the molecule is CCCC(Nc1ncnc2cc(C(=O)N3CC=CC3)c(Cl)cc12)c1nc2ccc(Cl)cc2[nH]1. The Kier molecular flexibility index (Phi) is 5.91. The average molecular weight is 481 g/mol. The fourth-order valence-electron chi connectivity index (χ4n) is 4.07. The number of aromatic nitrogens is 4. The molecule has 0 saturated heterocycles. The molecule has 2 aromatic heterocycles. The van der Waals surface area contributed by atoms with Gasteiger partial charge < -0.3 is 15.2 Å². The van der Waals surface area contributed by atoms with Gasteiger partial charge in [-0.1, -0.05) is 48.7 Å². The Labute approximate surface area is 200 Å². The fraction of sp³-hybridized carbons (Fsp3) is 0.250. The van der Waals surface area contributed by atoms with E-state index in [-0.39, 0.29) is 11.9 Å². The molecule has 9 heteroatoms. The normalized spacial score (nSPS) is 14.3. The number of benzene rings is 2. The molecule has 7 nitrogen and oxygen atoms in total. The number of fused-ring (bicyclic) bond motifs is 2. The fourth-order valence-corrected chi connectivity index (χ4v) is 4.48. The first-order valence-corrected chi connectivity index (χ1v) is 11.6. The summed E-state index contributed by atoms with van der Waals surface area (Å²) in [5.74, 6) is 1.34. The van der Waals surface area contributed by atoms with Crippen molar-refractivity contribution in [1.82, 2.24) is 24.8 Å². The van der Waals surface area contributed by atoms with E-state index in [1.807, 2.05) is 30.4 Å². The molecule has 1 aliphatic heterocycles. The molecule has 0 spiro atoms. The number of carbonyl (C=O) groups is 1. The molecule has 0 fully saturated rings.